The van der Waals surface area contributed by atoms with Gasteiger partial charge in [-0.05, 0) is 66.6 Å². The van der Waals surface area contributed by atoms with E-state index in [0.717, 1.165) is 16.8 Å². The second kappa shape index (κ2) is 5.79. The molecule has 0 bridgehead atoms. The molecule has 19 heavy (non-hydrogen) atoms. The normalized spacial score (nSPS) is 13.9. The molecule has 0 fully saturated rings. The third kappa shape index (κ3) is 3.01. The summed E-state index contributed by atoms with van der Waals surface area (Å²) in [5, 5.41) is 0.881. The molecule has 0 N–H and O–H groups in total. The quantitative estimate of drug-likeness (QED) is 0.702. The Morgan fingerprint density at radius 3 is 2.26 bits per heavy atom. The van der Waals surface area contributed by atoms with E-state index in [1.54, 1.807) is 0 Å². The highest BCUT2D eigenvalue weighted by Crippen LogP contribution is 2.28. The molecule has 0 spiro atoms. The van der Waals surface area contributed by atoms with Gasteiger partial charge in [-0.3, -0.25) is 0 Å². The van der Waals surface area contributed by atoms with Crippen LogP contribution < -0.4 is 4.74 Å². The van der Waals surface area contributed by atoms with Crippen molar-refractivity contribution in [3.63, 3.8) is 0 Å². The predicted octanol–water partition coefficient (Wildman–Crippen LogP) is 5.25. The lowest BCUT2D eigenvalue weighted by Gasteiger charge is -2.16. The molecule has 3 rings (SSSR count). The second-order valence-corrected chi connectivity index (χ2v) is 5.58. The maximum Gasteiger partial charge on any atom is 0.127 e. The number of aryl methyl sites for hydroxylation is 2. The van der Waals surface area contributed by atoms with E-state index in [-0.39, 0.29) is 0 Å². The summed E-state index contributed by atoms with van der Waals surface area (Å²) in [6.07, 6.45) is 5.03. The van der Waals surface area contributed by atoms with Crippen LogP contribution in [0.2, 0.25) is 0 Å². The summed E-state index contributed by atoms with van der Waals surface area (Å²) >= 11 is 3.45. The third-order valence-corrected chi connectivity index (χ3v) is 4.28. The second-order valence-electron chi connectivity index (χ2n) is 5.02. The molecule has 0 saturated heterocycles. The number of hydrogen-bond donors (Lipinski definition) is 0. The van der Waals surface area contributed by atoms with Crippen molar-refractivity contribution in [3.8, 4) is 11.5 Å². The van der Waals surface area contributed by atoms with Gasteiger partial charge < -0.3 is 4.74 Å². The van der Waals surface area contributed by atoms with Crippen molar-refractivity contribution < 1.29 is 4.74 Å². The topological polar surface area (TPSA) is 9.23 Å². The molecule has 1 aliphatic carbocycles. The molecule has 2 heteroatoms. The summed E-state index contributed by atoms with van der Waals surface area (Å²) < 4.78 is 5.93. The molecular weight excluding hydrogens is 300 g/mol. The van der Waals surface area contributed by atoms with Gasteiger partial charge in [-0.15, -0.1) is 0 Å². The lowest BCUT2D eigenvalue weighted by molar-refractivity contribution is 0.480. The van der Waals surface area contributed by atoms with Crippen molar-refractivity contribution in [1.82, 2.24) is 0 Å². The minimum atomic E-state index is 0.881. The number of ether oxygens (including phenoxy) is 1. The lowest BCUT2D eigenvalue weighted by atomic mass is 9.92. The summed E-state index contributed by atoms with van der Waals surface area (Å²) in [7, 11) is 0. The lowest BCUT2D eigenvalue weighted by Crippen LogP contribution is -2.02. The molecule has 2 aromatic rings. The molecule has 0 radical (unpaired) electrons. The minimum Gasteiger partial charge on any atom is -0.457 e. The van der Waals surface area contributed by atoms with Crippen LogP contribution in [0.3, 0.4) is 0 Å². The minimum absolute atomic E-state index is 0.881. The van der Waals surface area contributed by atoms with Gasteiger partial charge in [-0.2, -0.15) is 0 Å². The first kappa shape index (κ1) is 12.7. The number of alkyl halides is 1. The molecule has 0 saturated carbocycles. The maximum atomic E-state index is 5.93. The predicted molar refractivity (Wildman–Crippen MR) is 82.2 cm³/mol. The van der Waals surface area contributed by atoms with Crippen LogP contribution in [-0.2, 0) is 18.2 Å². The van der Waals surface area contributed by atoms with Crippen molar-refractivity contribution in [2.24, 2.45) is 0 Å². The molecule has 0 aromatic heterocycles. The largest absolute Gasteiger partial charge is 0.457 e. The highest BCUT2D eigenvalue weighted by atomic mass is 79.9. The van der Waals surface area contributed by atoms with Crippen LogP contribution in [-0.4, -0.2) is 0 Å². The first-order valence-electron chi connectivity index (χ1n) is 6.80. The SMILES string of the molecule is BrCc1ccc(Oc2ccc3c(c2)CCCC3)cc1. The van der Waals surface area contributed by atoms with Crippen LogP contribution in [0.1, 0.15) is 29.5 Å². The van der Waals surface area contributed by atoms with E-state index in [1.165, 1.54) is 42.4 Å². The average molecular weight is 317 g/mol. The van der Waals surface area contributed by atoms with E-state index >= 15 is 0 Å². The Labute approximate surface area is 122 Å². The summed E-state index contributed by atoms with van der Waals surface area (Å²) in [6.45, 7) is 0. The van der Waals surface area contributed by atoms with Gasteiger partial charge >= 0.3 is 0 Å². The van der Waals surface area contributed by atoms with Crippen molar-refractivity contribution in [3.05, 3.63) is 59.2 Å². The van der Waals surface area contributed by atoms with Gasteiger partial charge in [-0.1, -0.05) is 34.1 Å². The Bertz CT molecular complexity index is 560. The monoisotopic (exact) mass is 316 g/mol. The van der Waals surface area contributed by atoms with E-state index < -0.39 is 0 Å². The number of hydrogen-bond acceptors (Lipinski definition) is 1. The zero-order chi connectivity index (χ0) is 13.1. The fraction of sp³-hybridized carbons (Fsp3) is 0.294. The zero-order valence-electron chi connectivity index (χ0n) is 10.9. The number of halogens is 1. The molecule has 0 aliphatic heterocycles. The van der Waals surface area contributed by atoms with Crippen molar-refractivity contribution >= 4 is 15.9 Å². The Morgan fingerprint density at radius 2 is 1.53 bits per heavy atom. The molecule has 0 atom stereocenters. The first-order valence-corrected chi connectivity index (χ1v) is 7.92. The van der Waals surface area contributed by atoms with Crippen molar-refractivity contribution in [1.29, 1.82) is 0 Å². The standard InChI is InChI=1S/C17H17BrO/c18-12-13-5-8-16(9-6-13)19-17-10-7-14-3-1-2-4-15(14)11-17/h5-11H,1-4,12H2. The van der Waals surface area contributed by atoms with Gasteiger partial charge in [0.25, 0.3) is 0 Å². The van der Waals surface area contributed by atoms with Crippen LogP contribution in [0, 0.1) is 0 Å². The molecule has 1 aliphatic rings. The summed E-state index contributed by atoms with van der Waals surface area (Å²) in [5.41, 5.74) is 4.21. The maximum absolute atomic E-state index is 5.93. The van der Waals surface area contributed by atoms with E-state index in [4.69, 9.17) is 4.74 Å². The smallest absolute Gasteiger partial charge is 0.127 e. The van der Waals surface area contributed by atoms with Gasteiger partial charge in [0.1, 0.15) is 11.5 Å². The van der Waals surface area contributed by atoms with Crippen molar-refractivity contribution in [2.45, 2.75) is 31.0 Å². The van der Waals surface area contributed by atoms with E-state index in [1.807, 2.05) is 12.1 Å². The zero-order valence-corrected chi connectivity index (χ0v) is 12.4. The fourth-order valence-electron chi connectivity index (χ4n) is 2.56. The summed E-state index contributed by atoms with van der Waals surface area (Å²) in [5.74, 6) is 1.85. The fourth-order valence-corrected chi connectivity index (χ4v) is 2.93. The van der Waals surface area contributed by atoms with Crippen LogP contribution in [0.5, 0.6) is 11.5 Å². The van der Waals surface area contributed by atoms with Crippen LogP contribution in [0.4, 0.5) is 0 Å². The van der Waals surface area contributed by atoms with E-state index in [9.17, 15) is 0 Å². The van der Waals surface area contributed by atoms with Gasteiger partial charge in [0, 0.05) is 5.33 Å². The molecular formula is C17H17BrO. The Hall–Kier alpha value is -1.28. The molecule has 0 heterocycles. The van der Waals surface area contributed by atoms with Crippen molar-refractivity contribution in [2.75, 3.05) is 0 Å². The van der Waals surface area contributed by atoms with E-state index in [0.29, 0.717) is 0 Å². The Morgan fingerprint density at radius 1 is 0.842 bits per heavy atom. The van der Waals surface area contributed by atoms with Crippen LogP contribution in [0.25, 0.3) is 0 Å². The van der Waals surface area contributed by atoms with Gasteiger partial charge in [0.05, 0.1) is 0 Å². The molecule has 1 nitrogen and oxygen atoms in total. The van der Waals surface area contributed by atoms with Gasteiger partial charge in [-0.25, -0.2) is 0 Å². The molecule has 0 unspecified atom stereocenters. The number of rotatable bonds is 3. The number of benzene rings is 2. The van der Waals surface area contributed by atoms with Crippen LogP contribution in [0.15, 0.2) is 42.5 Å². The third-order valence-electron chi connectivity index (χ3n) is 3.63. The van der Waals surface area contributed by atoms with E-state index in [2.05, 4.69) is 46.3 Å². The number of fused-ring (bicyclic) bond motifs is 1. The van der Waals surface area contributed by atoms with Crippen LogP contribution >= 0.6 is 15.9 Å². The summed E-state index contributed by atoms with van der Waals surface area (Å²) in [6, 6.07) is 14.7. The molecule has 2 aromatic carbocycles. The Balaban J connectivity index is 1.78. The first-order chi connectivity index (χ1) is 9.35. The summed E-state index contributed by atoms with van der Waals surface area (Å²) in [4.78, 5) is 0. The molecule has 0 amide bonds. The average Bonchev–Trinajstić information content (AvgIpc) is 2.48. The highest BCUT2D eigenvalue weighted by molar-refractivity contribution is 9.08. The Kier molecular flexibility index (Phi) is 3.88. The highest BCUT2D eigenvalue weighted by Gasteiger charge is 2.10. The van der Waals surface area contributed by atoms with Gasteiger partial charge in [0.2, 0.25) is 0 Å². The molecule has 98 valence electrons. The van der Waals surface area contributed by atoms with Gasteiger partial charge in [0.15, 0.2) is 0 Å².